The Balaban J connectivity index is 2.34. The SMILES string of the molecule is CCc1nc(NN)cc(Oc2cc(C)c(Cl)c(C)c2)n1. The number of hydrogen-bond acceptors (Lipinski definition) is 5. The summed E-state index contributed by atoms with van der Waals surface area (Å²) < 4.78 is 5.77. The van der Waals surface area contributed by atoms with Gasteiger partial charge in [-0.15, -0.1) is 0 Å². The topological polar surface area (TPSA) is 73.1 Å². The number of rotatable bonds is 4. The molecule has 0 saturated heterocycles. The van der Waals surface area contributed by atoms with Crippen LogP contribution in [-0.4, -0.2) is 9.97 Å². The Morgan fingerprint density at radius 2 is 1.85 bits per heavy atom. The number of hydrazine groups is 1. The first-order chi connectivity index (χ1) is 9.53. The van der Waals surface area contributed by atoms with Crippen molar-refractivity contribution in [2.24, 2.45) is 5.84 Å². The van der Waals surface area contributed by atoms with Crippen LogP contribution in [-0.2, 0) is 6.42 Å². The molecule has 1 aromatic heterocycles. The van der Waals surface area contributed by atoms with Crippen LogP contribution < -0.4 is 16.0 Å². The average molecular weight is 293 g/mol. The summed E-state index contributed by atoms with van der Waals surface area (Å²) in [5.74, 6) is 7.72. The highest BCUT2D eigenvalue weighted by Crippen LogP contribution is 2.29. The van der Waals surface area contributed by atoms with E-state index in [2.05, 4.69) is 15.4 Å². The van der Waals surface area contributed by atoms with Crippen LogP contribution in [0, 0.1) is 13.8 Å². The van der Waals surface area contributed by atoms with Crippen molar-refractivity contribution < 1.29 is 4.74 Å². The van der Waals surface area contributed by atoms with Gasteiger partial charge in [0.25, 0.3) is 0 Å². The molecule has 2 aromatic rings. The van der Waals surface area contributed by atoms with Gasteiger partial charge < -0.3 is 10.2 Å². The van der Waals surface area contributed by atoms with Gasteiger partial charge in [0.1, 0.15) is 17.4 Å². The van der Waals surface area contributed by atoms with E-state index in [1.54, 1.807) is 6.07 Å². The molecular weight excluding hydrogens is 276 g/mol. The molecule has 0 aliphatic rings. The zero-order chi connectivity index (χ0) is 14.7. The van der Waals surface area contributed by atoms with Crippen LogP contribution >= 0.6 is 11.6 Å². The third-order valence-corrected chi connectivity index (χ3v) is 3.44. The fourth-order valence-electron chi connectivity index (χ4n) is 1.84. The second-order valence-electron chi connectivity index (χ2n) is 4.48. The molecule has 0 aliphatic heterocycles. The largest absolute Gasteiger partial charge is 0.439 e. The Morgan fingerprint density at radius 1 is 1.20 bits per heavy atom. The maximum absolute atomic E-state index is 6.14. The van der Waals surface area contributed by atoms with Gasteiger partial charge in [0.05, 0.1) is 0 Å². The molecule has 20 heavy (non-hydrogen) atoms. The van der Waals surface area contributed by atoms with Crippen molar-refractivity contribution in [2.75, 3.05) is 5.43 Å². The highest BCUT2D eigenvalue weighted by atomic mass is 35.5. The normalized spacial score (nSPS) is 10.4. The summed E-state index contributed by atoms with van der Waals surface area (Å²) in [5, 5.41) is 0.749. The number of aromatic nitrogens is 2. The molecule has 0 amide bonds. The Labute approximate surface area is 123 Å². The number of halogens is 1. The van der Waals surface area contributed by atoms with Crippen molar-refractivity contribution in [3.05, 3.63) is 40.2 Å². The van der Waals surface area contributed by atoms with E-state index < -0.39 is 0 Å². The third kappa shape index (κ3) is 3.18. The highest BCUT2D eigenvalue weighted by molar-refractivity contribution is 6.32. The predicted molar refractivity (Wildman–Crippen MR) is 80.2 cm³/mol. The van der Waals surface area contributed by atoms with Gasteiger partial charge in [0.2, 0.25) is 5.88 Å². The van der Waals surface area contributed by atoms with Crippen molar-refractivity contribution in [3.8, 4) is 11.6 Å². The van der Waals surface area contributed by atoms with E-state index in [-0.39, 0.29) is 0 Å². The van der Waals surface area contributed by atoms with Gasteiger partial charge in [-0.1, -0.05) is 18.5 Å². The molecule has 0 aliphatic carbocycles. The maximum Gasteiger partial charge on any atom is 0.224 e. The maximum atomic E-state index is 6.14. The molecule has 0 spiro atoms. The van der Waals surface area contributed by atoms with Crippen molar-refractivity contribution in [2.45, 2.75) is 27.2 Å². The second-order valence-corrected chi connectivity index (χ2v) is 4.86. The van der Waals surface area contributed by atoms with E-state index in [9.17, 15) is 0 Å². The molecule has 0 saturated carbocycles. The lowest BCUT2D eigenvalue weighted by Crippen LogP contribution is -2.10. The smallest absolute Gasteiger partial charge is 0.224 e. The van der Waals surface area contributed by atoms with Gasteiger partial charge in [0, 0.05) is 17.5 Å². The Hall–Kier alpha value is -1.85. The van der Waals surface area contributed by atoms with E-state index in [4.69, 9.17) is 22.2 Å². The summed E-state index contributed by atoms with van der Waals surface area (Å²) in [5.41, 5.74) is 4.43. The van der Waals surface area contributed by atoms with E-state index in [0.29, 0.717) is 29.7 Å². The zero-order valence-corrected chi connectivity index (χ0v) is 12.5. The number of ether oxygens (including phenoxy) is 1. The summed E-state index contributed by atoms with van der Waals surface area (Å²) in [4.78, 5) is 8.53. The van der Waals surface area contributed by atoms with Crippen LogP contribution in [0.1, 0.15) is 23.9 Å². The Kier molecular flexibility index (Phi) is 4.42. The number of benzene rings is 1. The summed E-state index contributed by atoms with van der Waals surface area (Å²) in [6.45, 7) is 5.84. The van der Waals surface area contributed by atoms with Gasteiger partial charge in [-0.2, -0.15) is 4.98 Å². The summed E-state index contributed by atoms with van der Waals surface area (Å²) in [7, 11) is 0. The van der Waals surface area contributed by atoms with Gasteiger partial charge in [-0.25, -0.2) is 10.8 Å². The van der Waals surface area contributed by atoms with E-state index >= 15 is 0 Å². The lowest BCUT2D eigenvalue weighted by molar-refractivity contribution is 0.458. The molecule has 1 heterocycles. The number of nitrogens with two attached hydrogens (primary N) is 1. The fraction of sp³-hybridized carbons (Fsp3) is 0.286. The first-order valence-electron chi connectivity index (χ1n) is 6.32. The minimum absolute atomic E-state index is 0.450. The number of hydrogen-bond donors (Lipinski definition) is 2. The predicted octanol–water partition coefficient (Wildman–Crippen LogP) is 3.39. The molecular formula is C14H17ClN4O. The van der Waals surface area contributed by atoms with Crippen LogP contribution in [0.15, 0.2) is 18.2 Å². The lowest BCUT2D eigenvalue weighted by atomic mass is 10.1. The molecule has 0 atom stereocenters. The minimum Gasteiger partial charge on any atom is -0.439 e. The van der Waals surface area contributed by atoms with Crippen LogP contribution in [0.25, 0.3) is 0 Å². The van der Waals surface area contributed by atoms with Crippen molar-refractivity contribution in [3.63, 3.8) is 0 Å². The Morgan fingerprint density at radius 3 is 2.40 bits per heavy atom. The van der Waals surface area contributed by atoms with Gasteiger partial charge in [-0.05, 0) is 37.1 Å². The minimum atomic E-state index is 0.450. The molecule has 0 unspecified atom stereocenters. The van der Waals surface area contributed by atoms with E-state index in [0.717, 1.165) is 16.1 Å². The molecule has 106 valence electrons. The van der Waals surface area contributed by atoms with Crippen molar-refractivity contribution >= 4 is 17.4 Å². The van der Waals surface area contributed by atoms with Crippen LogP contribution in [0.2, 0.25) is 5.02 Å². The van der Waals surface area contributed by atoms with Crippen molar-refractivity contribution in [1.82, 2.24) is 9.97 Å². The van der Waals surface area contributed by atoms with Gasteiger partial charge in [-0.3, -0.25) is 0 Å². The first kappa shape index (κ1) is 14.6. The standard InChI is InChI=1S/C14H17ClN4O/c1-4-11-17-12(19-16)7-13(18-11)20-10-5-8(2)14(15)9(3)6-10/h5-7H,4,16H2,1-3H3,(H,17,18,19). The van der Waals surface area contributed by atoms with E-state index in [1.165, 1.54) is 0 Å². The van der Waals surface area contributed by atoms with Crippen LogP contribution in [0.4, 0.5) is 5.82 Å². The average Bonchev–Trinajstić information content (AvgIpc) is 2.44. The monoisotopic (exact) mass is 292 g/mol. The summed E-state index contributed by atoms with van der Waals surface area (Å²) in [6, 6.07) is 5.40. The molecule has 6 heteroatoms. The fourth-order valence-corrected chi connectivity index (χ4v) is 1.95. The molecule has 5 nitrogen and oxygen atoms in total. The van der Waals surface area contributed by atoms with Crippen LogP contribution in [0.5, 0.6) is 11.6 Å². The number of nitrogen functional groups attached to an aromatic ring is 1. The van der Waals surface area contributed by atoms with Gasteiger partial charge >= 0.3 is 0 Å². The Bertz CT molecular complexity index is 585. The molecule has 0 fully saturated rings. The number of anilines is 1. The number of aryl methyl sites for hydroxylation is 3. The third-order valence-electron chi connectivity index (χ3n) is 2.85. The number of nitrogens with zero attached hydrogens (tertiary/aromatic N) is 2. The van der Waals surface area contributed by atoms with Crippen molar-refractivity contribution in [1.29, 1.82) is 0 Å². The van der Waals surface area contributed by atoms with Crippen LogP contribution in [0.3, 0.4) is 0 Å². The molecule has 0 radical (unpaired) electrons. The molecule has 0 bridgehead atoms. The second kappa shape index (κ2) is 6.07. The first-order valence-corrected chi connectivity index (χ1v) is 6.70. The van der Waals surface area contributed by atoms with Gasteiger partial charge in [0.15, 0.2) is 0 Å². The summed E-state index contributed by atoms with van der Waals surface area (Å²) in [6.07, 6.45) is 0.699. The molecule has 2 rings (SSSR count). The van der Waals surface area contributed by atoms with E-state index in [1.807, 2.05) is 32.9 Å². The highest BCUT2D eigenvalue weighted by Gasteiger charge is 2.08. The zero-order valence-electron chi connectivity index (χ0n) is 11.7. The molecule has 3 N–H and O–H groups in total. The summed E-state index contributed by atoms with van der Waals surface area (Å²) >= 11 is 6.14. The quantitative estimate of drug-likeness (QED) is 0.667. The lowest BCUT2D eigenvalue weighted by Gasteiger charge is -2.10. The molecule has 1 aromatic carbocycles. The number of nitrogens with one attached hydrogen (secondary N) is 1.